The summed E-state index contributed by atoms with van der Waals surface area (Å²) in [4.78, 5) is 11.7. The Kier molecular flexibility index (Phi) is 4.51. The molecule has 1 saturated heterocycles. The molecule has 4 heteroatoms. The molecular formula is C21H23N3O. The van der Waals surface area contributed by atoms with Crippen molar-refractivity contribution in [1.29, 1.82) is 0 Å². The SMILES string of the molecule is CC1CCCCN1c1ccc2cccc(OCc3ccccn3)c2n1. The van der Waals surface area contributed by atoms with Crippen LogP contribution < -0.4 is 9.64 Å². The van der Waals surface area contributed by atoms with Crippen LogP contribution in [-0.4, -0.2) is 22.6 Å². The van der Waals surface area contributed by atoms with Crippen LogP contribution in [0.3, 0.4) is 0 Å². The molecule has 128 valence electrons. The lowest BCUT2D eigenvalue weighted by Crippen LogP contribution is -2.37. The summed E-state index contributed by atoms with van der Waals surface area (Å²) in [5.41, 5.74) is 1.84. The van der Waals surface area contributed by atoms with Gasteiger partial charge in [0.25, 0.3) is 0 Å². The van der Waals surface area contributed by atoms with E-state index in [0.717, 1.165) is 34.7 Å². The highest BCUT2D eigenvalue weighted by molar-refractivity contribution is 5.86. The standard InChI is InChI=1S/C21H23N3O/c1-16-7-3-5-14-24(16)20-12-11-17-8-6-10-19(21(17)23-20)25-15-18-9-2-4-13-22-18/h2,4,6,8-13,16H,3,5,7,14-15H2,1H3. The van der Waals surface area contributed by atoms with Crippen LogP contribution >= 0.6 is 0 Å². The third-order valence-corrected chi connectivity index (χ3v) is 4.87. The average Bonchev–Trinajstić information content (AvgIpc) is 2.67. The van der Waals surface area contributed by atoms with Crippen LogP contribution in [0.5, 0.6) is 5.75 Å². The highest BCUT2D eigenvalue weighted by Gasteiger charge is 2.20. The number of para-hydroxylation sites is 1. The van der Waals surface area contributed by atoms with Gasteiger partial charge in [0.15, 0.2) is 0 Å². The fourth-order valence-corrected chi connectivity index (χ4v) is 3.46. The number of nitrogens with zero attached hydrogens (tertiary/aromatic N) is 3. The highest BCUT2D eigenvalue weighted by atomic mass is 16.5. The predicted octanol–water partition coefficient (Wildman–Crippen LogP) is 4.59. The van der Waals surface area contributed by atoms with Gasteiger partial charge in [-0.1, -0.05) is 18.2 Å². The third-order valence-electron chi connectivity index (χ3n) is 4.87. The zero-order valence-corrected chi connectivity index (χ0v) is 14.6. The molecule has 1 aromatic carbocycles. The molecule has 1 aliphatic rings. The molecule has 1 fully saturated rings. The van der Waals surface area contributed by atoms with Gasteiger partial charge in [0.05, 0.1) is 5.69 Å². The molecular weight excluding hydrogens is 310 g/mol. The number of hydrogen-bond acceptors (Lipinski definition) is 4. The van der Waals surface area contributed by atoms with Gasteiger partial charge in [-0.25, -0.2) is 4.98 Å². The van der Waals surface area contributed by atoms with Crippen molar-refractivity contribution in [2.75, 3.05) is 11.4 Å². The fourth-order valence-electron chi connectivity index (χ4n) is 3.46. The van der Waals surface area contributed by atoms with Crippen LogP contribution in [0.25, 0.3) is 10.9 Å². The van der Waals surface area contributed by atoms with E-state index in [4.69, 9.17) is 9.72 Å². The molecule has 4 nitrogen and oxygen atoms in total. The lowest BCUT2D eigenvalue weighted by Gasteiger charge is -2.34. The molecule has 3 heterocycles. The average molecular weight is 333 g/mol. The molecule has 1 unspecified atom stereocenters. The zero-order chi connectivity index (χ0) is 17.1. The minimum atomic E-state index is 0.450. The number of ether oxygens (including phenoxy) is 1. The van der Waals surface area contributed by atoms with E-state index in [2.05, 4.69) is 35.0 Å². The lowest BCUT2D eigenvalue weighted by molar-refractivity contribution is 0.304. The molecule has 0 saturated carbocycles. The predicted molar refractivity (Wildman–Crippen MR) is 101 cm³/mol. The Labute approximate surface area is 148 Å². The summed E-state index contributed by atoms with van der Waals surface area (Å²) in [7, 11) is 0. The lowest BCUT2D eigenvalue weighted by atomic mass is 10.0. The minimum Gasteiger partial charge on any atom is -0.485 e. The minimum absolute atomic E-state index is 0.450. The monoisotopic (exact) mass is 333 g/mol. The van der Waals surface area contributed by atoms with Crippen LogP contribution in [0.1, 0.15) is 31.9 Å². The second kappa shape index (κ2) is 7.09. The fraction of sp³-hybridized carbons (Fsp3) is 0.333. The molecule has 1 aliphatic heterocycles. The van der Waals surface area contributed by atoms with Gasteiger partial charge in [0, 0.05) is 24.2 Å². The maximum atomic E-state index is 6.03. The van der Waals surface area contributed by atoms with Crippen molar-refractivity contribution >= 4 is 16.7 Å². The third kappa shape index (κ3) is 3.43. The van der Waals surface area contributed by atoms with E-state index >= 15 is 0 Å². The van der Waals surface area contributed by atoms with Gasteiger partial charge in [-0.05, 0) is 56.5 Å². The van der Waals surface area contributed by atoms with Crippen LogP contribution in [0, 0.1) is 0 Å². The van der Waals surface area contributed by atoms with Gasteiger partial charge in [0.1, 0.15) is 23.7 Å². The van der Waals surface area contributed by atoms with Crippen molar-refractivity contribution in [3.8, 4) is 5.75 Å². The number of hydrogen-bond donors (Lipinski definition) is 0. The van der Waals surface area contributed by atoms with Gasteiger partial charge >= 0.3 is 0 Å². The molecule has 0 aliphatic carbocycles. The first-order valence-electron chi connectivity index (χ1n) is 9.00. The Morgan fingerprint density at radius 3 is 2.88 bits per heavy atom. The topological polar surface area (TPSA) is 38.2 Å². The zero-order valence-electron chi connectivity index (χ0n) is 14.6. The Morgan fingerprint density at radius 2 is 2.04 bits per heavy atom. The largest absolute Gasteiger partial charge is 0.485 e. The maximum absolute atomic E-state index is 6.03. The molecule has 0 amide bonds. The Hall–Kier alpha value is -2.62. The summed E-state index contributed by atoms with van der Waals surface area (Å²) in [6.45, 7) is 3.82. The van der Waals surface area contributed by atoms with E-state index in [0.29, 0.717) is 12.6 Å². The van der Waals surface area contributed by atoms with Crippen LogP contribution in [-0.2, 0) is 6.61 Å². The van der Waals surface area contributed by atoms with Crippen molar-refractivity contribution in [2.45, 2.75) is 38.8 Å². The van der Waals surface area contributed by atoms with Crippen molar-refractivity contribution in [3.63, 3.8) is 0 Å². The smallest absolute Gasteiger partial charge is 0.146 e. The molecule has 3 aromatic rings. The van der Waals surface area contributed by atoms with Crippen molar-refractivity contribution < 1.29 is 4.74 Å². The number of benzene rings is 1. The molecule has 0 N–H and O–H groups in total. The number of anilines is 1. The van der Waals surface area contributed by atoms with E-state index in [-0.39, 0.29) is 0 Å². The van der Waals surface area contributed by atoms with Crippen molar-refractivity contribution in [2.24, 2.45) is 0 Å². The summed E-state index contributed by atoms with van der Waals surface area (Å²) < 4.78 is 6.03. The van der Waals surface area contributed by atoms with Crippen molar-refractivity contribution in [3.05, 3.63) is 60.4 Å². The summed E-state index contributed by atoms with van der Waals surface area (Å²) in [5.74, 6) is 1.86. The number of piperidine rings is 1. The highest BCUT2D eigenvalue weighted by Crippen LogP contribution is 2.29. The Bertz CT molecular complexity index is 850. The van der Waals surface area contributed by atoms with Gasteiger partial charge in [0.2, 0.25) is 0 Å². The molecule has 0 spiro atoms. The first-order valence-corrected chi connectivity index (χ1v) is 9.00. The number of fused-ring (bicyclic) bond motifs is 1. The summed E-state index contributed by atoms with van der Waals surface area (Å²) in [6.07, 6.45) is 5.57. The molecule has 0 bridgehead atoms. The van der Waals surface area contributed by atoms with Crippen LogP contribution in [0.4, 0.5) is 5.82 Å². The first-order chi connectivity index (χ1) is 12.3. The molecule has 1 atom stereocenters. The van der Waals surface area contributed by atoms with Crippen molar-refractivity contribution in [1.82, 2.24) is 9.97 Å². The van der Waals surface area contributed by atoms with E-state index in [1.807, 2.05) is 30.3 Å². The van der Waals surface area contributed by atoms with Crippen LogP contribution in [0.2, 0.25) is 0 Å². The second-order valence-electron chi connectivity index (χ2n) is 6.65. The summed E-state index contributed by atoms with van der Waals surface area (Å²) >= 11 is 0. The second-order valence-corrected chi connectivity index (χ2v) is 6.65. The van der Waals surface area contributed by atoms with Gasteiger partial charge in [-0.2, -0.15) is 0 Å². The first kappa shape index (κ1) is 15.9. The van der Waals surface area contributed by atoms with Gasteiger partial charge in [-0.3, -0.25) is 4.98 Å². The van der Waals surface area contributed by atoms with Gasteiger partial charge in [-0.15, -0.1) is 0 Å². The number of rotatable bonds is 4. The van der Waals surface area contributed by atoms with E-state index in [1.54, 1.807) is 6.20 Å². The number of aromatic nitrogens is 2. The molecule has 25 heavy (non-hydrogen) atoms. The Morgan fingerprint density at radius 1 is 1.08 bits per heavy atom. The Balaban J connectivity index is 1.63. The quantitative estimate of drug-likeness (QED) is 0.700. The summed E-state index contributed by atoms with van der Waals surface area (Å²) in [6, 6.07) is 16.8. The molecule has 2 aromatic heterocycles. The summed E-state index contributed by atoms with van der Waals surface area (Å²) in [5, 5.41) is 1.10. The van der Waals surface area contributed by atoms with E-state index in [1.165, 1.54) is 19.3 Å². The van der Waals surface area contributed by atoms with E-state index < -0.39 is 0 Å². The van der Waals surface area contributed by atoms with Gasteiger partial charge < -0.3 is 9.64 Å². The van der Waals surface area contributed by atoms with Crippen LogP contribution in [0.15, 0.2) is 54.7 Å². The molecule has 0 radical (unpaired) electrons. The van der Waals surface area contributed by atoms with E-state index in [9.17, 15) is 0 Å². The number of pyridine rings is 2. The maximum Gasteiger partial charge on any atom is 0.146 e. The normalized spacial score (nSPS) is 17.6. The molecule has 4 rings (SSSR count).